The fourth-order valence-corrected chi connectivity index (χ4v) is 3.78. The van der Waals surface area contributed by atoms with Crippen LogP contribution < -0.4 is 11.1 Å². The van der Waals surface area contributed by atoms with E-state index in [1.54, 1.807) is 41.1 Å². The maximum atomic E-state index is 14.3. The average Bonchev–Trinajstić information content (AvgIpc) is 3.31. The van der Waals surface area contributed by atoms with Crippen LogP contribution in [0.1, 0.15) is 33.6 Å². The first kappa shape index (κ1) is 22.9. The maximum absolute atomic E-state index is 14.3. The molecule has 0 fully saturated rings. The molecule has 0 atom stereocenters. The molecule has 2 aromatic heterocycles. The lowest BCUT2D eigenvalue weighted by Crippen LogP contribution is -2.15. The number of amides is 1. The molecule has 0 saturated heterocycles. The number of anilines is 2. The summed E-state index contributed by atoms with van der Waals surface area (Å²) in [5, 5.41) is 11.5. The number of aryl methyl sites for hydroxylation is 1. The summed E-state index contributed by atoms with van der Waals surface area (Å²) in [6, 6.07) is 15.5. The Hall–Kier alpha value is -4.86. The van der Waals surface area contributed by atoms with E-state index in [0.29, 0.717) is 34.6 Å². The fraction of sp³-hybridized carbons (Fsp3) is 0.115. The number of nitrogens with one attached hydrogen (secondary N) is 1. The van der Waals surface area contributed by atoms with Crippen molar-refractivity contribution in [2.45, 2.75) is 19.9 Å². The lowest BCUT2D eigenvalue weighted by atomic mass is 10.1. The van der Waals surface area contributed by atoms with Crippen molar-refractivity contribution < 1.29 is 14.0 Å². The molecule has 0 saturated carbocycles. The highest BCUT2D eigenvalue weighted by Crippen LogP contribution is 2.24. The number of nitrogen functional groups attached to an aromatic ring is 1. The van der Waals surface area contributed by atoms with E-state index in [-0.39, 0.29) is 35.6 Å². The lowest BCUT2D eigenvalue weighted by molar-refractivity contribution is 0.102. The summed E-state index contributed by atoms with van der Waals surface area (Å²) in [6.07, 6.45) is 5.28. The minimum atomic E-state index is -0.337. The van der Waals surface area contributed by atoms with Gasteiger partial charge in [-0.1, -0.05) is 41.6 Å². The Labute approximate surface area is 206 Å². The molecule has 1 aliphatic heterocycles. The lowest BCUT2D eigenvalue weighted by Gasteiger charge is -2.10. The third-order valence-corrected chi connectivity index (χ3v) is 5.67. The summed E-state index contributed by atoms with van der Waals surface area (Å²) in [7, 11) is 0. The Morgan fingerprint density at radius 1 is 1.19 bits per heavy atom. The number of nitrogens with two attached hydrogens (primary N) is 1. The molecule has 0 spiro atoms. The Kier molecular flexibility index (Phi) is 6.23. The second-order valence-corrected chi connectivity index (χ2v) is 8.14. The van der Waals surface area contributed by atoms with Gasteiger partial charge in [0, 0.05) is 17.5 Å². The smallest absolute Gasteiger partial charge is 0.256 e. The van der Waals surface area contributed by atoms with Gasteiger partial charge >= 0.3 is 0 Å². The Morgan fingerprint density at radius 3 is 2.75 bits per heavy atom. The van der Waals surface area contributed by atoms with Crippen LogP contribution in [0.15, 0.2) is 78.3 Å². The summed E-state index contributed by atoms with van der Waals surface area (Å²) < 4.78 is 16.0. The largest absolute Gasteiger partial charge is 0.382 e. The summed E-state index contributed by atoms with van der Waals surface area (Å²) in [5.41, 5.74) is 9.95. The van der Waals surface area contributed by atoms with E-state index in [1.165, 1.54) is 18.5 Å². The van der Waals surface area contributed by atoms with Gasteiger partial charge < -0.3 is 15.9 Å². The van der Waals surface area contributed by atoms with Crippen LogP contribution in [-0.4, -0.2) is 31.4 Å². The normalized spacial score (nSPS) is 12.7. The minimum absolute atomic E-state index is 0.0911. The molecule has 1 amide bonds. The van der Waals surface area contributed by atoms with Crippen LogP contribution in [-0.2, 0) is 11.4 Å². The number of allylic oxidation sites excluding steroid dienone is 1. The molecule has 2 aromatic carbocycles. The number of carbonyl (C=O) groups excluding carboxylic acids is 1. The molecule has 180 valence electrons. The predicted octanol–water partition coefficient (Wildman–Crippen LogP) is 4.31. The first-order valence-corrected chi connectivity index (χ1v) is 11.2. The van der Waals surface area contributed by atoms with Gasteiger partial charge in [0.15, 0.2) is 11.6 Å². The van der Waals surface area contributed by atoms with Crippen molar-refractivity contribution in [1.29, 1.82) is 0 Å². The number of nitrogens with zero attached hydrogens (tertiary/aromatic N) is 5. The Morgan fingerprint density at radius 2 is 2.00 bits per heavy atom. The highest BCUT2D eigenvalue weighted by molar-refractivity contribution is 6.06. The van der Waals surface area contributed by atoms with Gasteiger partial charge in [0.1, 0.15) is 29.2 Å². The van der Waals surface area contributed by atoms with Gasteiger partial charge in [0.05, 0.1) is 18.4 Å². The summed E-state index contributed by atoms with van der Waals surface area (Å²) in [5.74, 6) is -0.302. The van der Waals surface area contributed by atoms with Gasteiger partial charge in [-0.25, -0.2) is 14.4 Å². The highest BCUT2D eigenvalue weighted by Gasteiger charge is 2.20. The Balaban J connectivity index is 1.45. The van der Waals surface area contributed by atoms with Gasteiger partial charge in [-0.3, -0.25) is 9.48 Å². The predicted molar refractivity (Wildman–Crippen MR) is 134 cm³/mol. The van der Waals surface area contributed by atoms with Gasteiger partial charge in [0.25, 0.3) is 5.91 Å². The third-order valence-electron chi connectivity index (χ3n) is 5.67. The van der Waals surface area contributed by atoms with Gasteiger partial charge in [-0.05, 0) is 36.8 Å². The van der Waals surface area contributed by atoms with Crippen molar-refractivity contribution >= 4 is 23.1 Å². The molecule has 36 heavy (non-hydrogen) atoms. The molecule has 0 aliphatic carbocycles. The van der Waals surface area contributed by atoms with E-state index in [0.717, 1.165) is 5.56 Å². The average molecular weight is 484 g/mol. The number of hydrogen-bond acceptors (Lipinski definition) is 7. The van der Waals surface area contributed by atoms with E-state index in [2.05, 4.69) is 25.5 Å². The molecular formula is C26H22FN7O2. The zero-order valence-electron chi connectivity index (χ0n) is 19.4. The third kappa shape index (κ3) is 4.69. The first-order valence-electron chi connectivity index (χ1n) is 11.2. The summed E-state index contributed by atoms with van der Waals surface area (Å²) >= 11 is 0. The summed E-state index contributed by atoms with van der Waals surface area (Å²) in [6.45, 7) is 2.02. The molecule has 0 radical (unpaired) electrons. The fourth-order valence-electron chi connectivity index (χ4n) is 3.78. The standard InChI is InChI=1S/C26H22FN7O2/c1-16-7-2-4-9-18(16)26(35)30-22-14-29-25(31-24(22)28)21-13-23(20-11-6-12-36-33-20)34(32-21)15-17-8-3-5-10-19(17)27/h2-10,12-14H,11,15H2,1H3,(H,30,35)(H2,28,29,31). The van der Waals surface area contributed by atoms with Crippen LogP contribution in [0.25, 0.3) is 11.5 Å². The number of rotatable bonds is 6. The second kappa shape index (κ2) is 9.79. The quantitative estimate of drug-likeness (QED) is 0.422. The van der Waals surface area contributed by atoms with E-state index in [1.807, 2.05) is 25.1 Å². The number of carbonyl (C=O) groups is 1. The zero-order valence-corrected chi connectivity index (χ0v) is 19.4. The van der Waals surface area contributed by atoms with Crippen LogP contribution >= 0.6 is 0 Å². The Bertz CT molecular complexity index is 1510. The number of benzene rings is 2. The van der Waals surface area contributed by atoms with Crippen LogP contribution in [0.3, 0.4) is 0 Å². The number of aromatic nitrogens is 4. The highest BCUT2D eigenvalue weighted by atomic mass is 19.1. The van der Waals surface area contributed by atoms with Gasteiger partial charge in [-0.15, -0.1) is 0 Å². The molecule has 3 heterocycles. The van der Waals surface area contributed by atoms with Crippen molar-refractivity contribution in [1.82, 2.24) is 19.7 Å². The molecule has 9 nitrogen and oxygen atoms in total. The van der Waals surface area contributed by atoms with Crippen molar-refractivity contribution in [2.24, 2.45) is 5.16 Å². The molecular weight excluding hydrogens is 461 g/mol. The van der Waals surface area contributed by atoms with Crippen molar-refractivity contribution in [3.63, 3.8) is 0 Å². The van der Waals surface area contributed by atoms with Gasteiger partial charge in [-0.2, -0.15) is 5.10 Å². The number of oxime groups is 1. The first-order chi connectivity index (χ1) is 17.5. The molecule has 10 heteroatoms. The maximum Gasteiger partial charge on any atom is 0.256 e. The number of halogens is 1. The molecule has 1 aliphatic rings. The molecule has 0 unspecified atom stereocenters. The second-order valence-electron chi connectivity index (χ2n) is 8.14. The zero-order chi connectivity index (χ0) is 25.1. The van der Waals surface area contributed by atoms with Crippen molar-refractivity contribution in [3.8, 4) is 11.5 Å². The van der Waals surface area contributed by atoms with E-state index < -0.39 is 0 Å². The van der Waals surface area contributed by atoms with Crippen LogP contribution in [0, 0.1) is 12.7 Å². The molecule has 5 rings (SSSR count). The van der Waals surface area contributed by atoms with Crippen LogP contribution in [0.4, 0.5) is 15.9 Å². The molecule has 0 bridgehead atoms. The minimum Gasteiger partial charge on any atom is -0.382 e. The topological polar surface area (TPSA) is 120 Å². The summed E-state index contributed by atoms with van der Waals surface area (Å²) in [4.78, 5) is 26.5. The van der Waals surface area contributed by atoms with Gasteiger partial charge in [0.2, 0.25) is 0 Å². The monoisotopic (exact) mass is 483 g/mol. The van der Waals surface area contributed by atoms with E-state index >= 15 is 0 Å². The van der Waals surface area contributed by atoms with Crippen LogP contribution in [0.5, 0.6) is 0 Å². The van der Waals surface area contributed by atoms with E-state index in [9.17, 15) is 9.18 Å². The van der Waals surface area contributed by atoms with E-state index in [4.69, 9.17) is 10.6 Å². The van der Waals surface area contributed by atoms with Crippen molar-refractivity contribution in [3.05, 3.63) is 101 Å². The van der Waals surface area contributed by atoms with Crippen LogP contribution in [0.2, 0.25) is 0 Å². The number of hydrogen-bond donors (Lipinski definition) is 2. The molecule has 4 aromatic rings. The SMILES string of the molecule is Cc1ccccc1C(=O)Nc1cnc(-c2cc(C3=NOC=CC3)n(Cc3ccccc3F)n2)nc1N. The molecule has 3 N–H and O–H groups in total. The van der Waals surface area contributed by atoms with Crippen molar-refractivity contribution in [2.75, 3.05) is 11.1 Å².